The van der Waals surface area contributed by atoms with Gasteiger partial charge in [-0.2, -0.15) is 0 Å². The van der Waals surface area contributed by atoms with Crippen LogP contribution in [0, 0.1) is 0 Å². The zero-order chi connectivity index (χ0) is 17.8. The lowest BCUT2D eigenvalue weighted by Crippen LogP contribution is -2.48. The van der Waals surface area contributed by atoms with Crippen LogP contribution in [-0.4, -0.2) is 34.7 Å². The Hall–Kier alpha value is -2.37. The van der Waals surface area contributed by atoms with Crippen LogP contribution in [0.15, 0.2) is 48.5 Å². The van der Waals surface area contributed by atoms with Crippen LogP contribution in [0.2, 0.25) is 5.02 Å². The molecule has 2 amide bonds. The maximum atomic E-state index is 13.4. The molecule has 0 unspecified atom stereocenters. The van der Waals surface area contributed by atoms with E-state index in [0.29, 0.717) is 28.6 Å². The largest absolute Gasteiger partial charge is 0.314 e. The second-order valence-corrected chi connectivity index (χ2v) is 7.98. The molecule has 4 nitrogen and oxygen atoms in total. The normalized spacial score (nSPS) is 19.0. The molecule has 2 aliphatic heterocycles. The molecule has 6 heteroatoms. The molecule has 5 rings (SSSR count). The van der Waals surface area contributed by atoms with Gasteiger partial charge in [0.05, 0.1) is 5.02 Å². The Bertz CT molecular complexity index is 1060. The van der Waals surface area contributed by atoms with Crippen LogP contribution in [0.25, 0.3) is 10.1 Å². The van der Waals surface area contributed by atoms with Gasteiger partial charge in [0.1, 0.15) is 11.0 Å². The minimum absolute atomic E-state index is 0.00513. The lowest BCUT2D eigenvalue weighted by molar-refractivity contribution is 0.0167. The van der Waals surface area contributed by atoms with Crippen molar-refractivity contribution in [3.8, 4) is 0 Å². The Labute approximate surface area is 159 Å². The minimum atomic E-state index is -0.332. The van der Waals surface area contributed by atoms with E-state index in [2.05, 4.69) is 0 Å². The van der Waals surface area contributed by atoms with Gasteiger partial charge in [0, 0.05) is 34.3 Å². The average Bonchev–Trinajstić information content (AvgIpc) is 3.17. The molecule has 2 aromatic carbocycles. The van der Waals surface area contributed by atoms with E-state index >= 15 is 0 Å². The van der Waals surface area contributed by atoms with Gasteiger partial charge in [0.15, 0.2) is 0 Å². The molecule has 1 saturated heterocycles. The molecule has 1 fully saturated rings. The molecular formula is C20H15ClN2O2S. The Balaban J connectivity index is 1.60. The van der Waals surface area contributed by atoms with Crippen molar-refractivity contribution in [2.45, 2.75) is 12.6 Å². The fourth-order valence-electron chi connectivity index (χ4n) is 3.94. The van der Waals surface area contributed by atoms with E-state index in [0.717, 1.165) is 22.1 Å². The third-order valence-electron chi connectivity index (χ3n) is 5.11. The summed E-state index contributed by atoms with van der Waals surface area (Å²) in [6.07, 6.45) is 0.436. The lowest BCUT2D eigenvalue weighted by Gasteiger charge is -2.40. The fraction of sp³-hybridized carbons (Fsp3) is 0.200. The van der Waals surface area contributed by atoms with Crippen LogP contribution in [0.4, 0.5) is 0 Å². The maximum Gasteiger partial charge on any atom is 0.267 e. The third kappa shape index (κ3) is 2.14. The van der Waals surface area contributed by atoms with Gasteiger partial charge < -0.3 is 9.80 Å². The minimum Gasteiger partial charge on any atom is -0.314 e. The molecule has 1 aromatic heterocycles. The average molecular weight is 383 g/mol. The van der Waals surface area contributed by atoms with Crippen molar-refractivity contribution in [1.29, 1.82) is 0 Å². The third-order valence-corrected chi connectivity index (χ3v) is 6.77. The summed E-state index contributed by atoms with van der Waals surface area (Å²) in [5.74, 6) is -0.0964. The van der Waals surface area contributed by atoms with Crippen molar-refractivity contribution in [2.24, 2.45) is 0 Å². The Morgan fingerprint density at radius 1 is 1.08 bits per heavy atom. The number of halogens is 1. The van der Waals surface area contributed by atoms with E-state index in [1.807, 2.05) is 48.5 Å². The summed E-state index contributed by atoms with van der Waals surface area (Å²) in [7, 11) is 0. The van der Waals surface area contributed by atoms with E-state index in [9.17, 15) is 9.59 Å². The number of fused-ring (bicyclic) bond motifs is 4. The molecule has 1 atom stereocenters. The topological polar surface area (TPSA) is 40.6 Å². The Morgan fingerprint density at radius 2 is 1.85 bits per heavy atom. The number of amides is 2. The maximum absolute atomic E-state index is 13.4. The van der Waals surface area contributed by atoms with E-state index in [4.69, 9.17) is 11.6 Å². The SMILES string of the molecule is O=C1c2ccccc2[C@H]2N1CCCN2C(=O)c1sc2ccccc2c1Cl. The quantitative estimate of drug-likeness (QED) is 0.619. The molecule has 0 bridgehead atoms. The molecule has 130 valence electrons. The predicted octanol–water partition coefficient (Wildman–Crippen LogP) is 4.56. The number of hydrogen-bond donors (Lipinski definition) is 0. The predicted molar refractivity (Wildman–Crippen MR) is 103 cm³/mol. The van der Waals surface area contributed by atoms with Crippen molar-refractivity contribution < 1.29 is 9.59 Å². The Morgan fingerprint density at radius 3 is 2.69 bits per heavy atom. The standard InChI is InChI=1S/C20H15ClN2O2S/c21-16-14-8-3-4-9-15(14)26-17(16)20(25)23-11-5-10-22-18(23)12-6-1-2-7-13(12)19(22)24/h1-4,6-9,18H,5,10-11H2/t18-/m0/s1. The molecule has 3 aromatic rings. The van der Waals surface area contributed by atoms with Crippen LogP contribution < -0.4 is 0 Å². The van der Waals surface area contributed by atoms with Crippen molar-refractivity contribution in [2.75, 3.05) is 13.1 Å². The smallest absolute Gasteiger partial charge is 0.267 e. The van der Waals surface area contributed by atoms with Crippen LogP contribution in [-0.2, 0) is 0 Å². The van der Waals surface area contributed by atoms with Gasteiger partial charge in [-0.05, 0) is 18.6 Å². The van der Waals surface area contributed by atoms with E-state index in [1.165, 1.54) is 11.3 Å². The van der Waals surface area contributed by atoms with Crippen LogP contribution in [0.5, 0.6) is 0 Å². The van der Waals surface area contributed by atoms with E-state index in [-0.39, 0.29) is 18.0 Å². The number of nitrogens with zero attached hydrogens (tertiary/aromatic N) is 2. The lowest BCUT2D eigenvalue weighted by atomic mass is 10.1. The second kappa shape index (κ2) is 5.83. The molecular weight excluding hydrogens is 368 g/mol. The number of carbonyl (C=O) groups is 2. The number of thiophene rings is 1. The molecule has 0 spiro atoms. The van der Waals surface area contributed by atoms with Gasteiger partial charge in [-0.15, -0.1) is 11.3 Å². The first-order chi connectivity index (χ1) is 12.7. The number of hydrogen-bond acceptors (Lipinski definition) is 3. The monoisotopic (exact) mass is 382 g/mol. The molecule has 0 radical (unpaired) electrons. The summed E-state index contributed by atoms with van der Waals surface area (Å²) >= 11 is 7.94. The highest BCUT2D eigenvalue weighted by Gasteiger charge is 2.44. The summed E-state index contributed by atoms with van der Waals surface area (Å²) in [6, 6.07) is 15.3. The number of rotatable bonds is 1. The summed E-state index contributed by atoms with van der Waals surface area (Å²) in [4.78, 5) is 30.2. The number of carbonyl (C=O) groups excluding carboxylic acids is 2. The fourth-order valence-corrected chi connectivity index (χ4v) is 5.41. The van der Waals surface area contributed by atoms with Gasteiger partial charge in [-0.1, -0.05) is 48.0 Å². The first kappa shape index (κ1) is 15.9. The highest BCUT2D eigenvalue weighted by Crippen LogP contribution is 2.42. The first-order valence-electron chi connectivity index (χ1n) is 8.54. The first-order valence-corrected chi connectivity index (χ1v) is 9.74. The molecule has 0 aliphatic carbocycles. The molecule has 0 N–H and O–H groups in total. The Kier molecular flexibility index (Phi) is 3.55. The van der Waals surface area contributed by atoms with E-state index in [1.54, 1.807) is 9.80 Å². The summed E-state index contributed by atoms with van der Waals surface area (Å²) in [5, 5.41) is 1.41. The van der Waals surface area contributed by atoms with Crippen molar-refractivity contribution >= 4 is 44.8 Å². The van der Waals surface area contributed by atoms with Gasteiger partial charge in [-0.3, -0.25) is 9.59 Å². The van der Waals surface area contributed by atoms with E-state index < -0.39 is 0 Å². The zero-order valence-electron chi connectivity index (χ0n) is 13.8. The molecule has 2 aliphatic rings. The summed E-state index contributed by atoms with van der Waals surface area (Å²) in [5.41, 5.74) is 1.60. The highest BCUT2D eigenvalue weighted by atomic mass is 35.5. The van der Waals surface area contributed by atoms with Gasteiger partial charge >= 0.3 is 0 Å². The number of benzene rings is 2. The van der Waals surface area contributed by atoms with Gasteiger partial charge in [-0.25, -0.2) is 0 Å². The summed E-state index contributed by atoms with van der Waals surface area (Å²) < 4.78 is 0.998. The van der Waals surface area contributed by atoms with Gasteiger partial charge in [0.2, 0.25) is 0 Å². The van der Waals surface area contributed by atoms with Crippen LogP contribution >= 0.6 is 22.9 Å². The second-order valence-electron chi connectivity index (χ2n) is 6.55. The summed E-state index contributed by atoms with van der Waals surface area (Å²) in [6.45, 7) is 1.29. The molecule has 3 heterocycles. The van der Waals surface area contributed by atoms with Crippen molar-refractivity contribution in [3.63, 3.8) is 0 Å². The zero-order valence-corrected chi connectivity index (χ0v) is 15.4. The van der Waals surface area contributed by atoms with Crippen molar-refractivity contribution in [1.82, 2.24) is 9.80 Å². The molecule has 26 heavy (non-hydrogen) atoms. The highest BCUT2D eigenvalue weighted by molar-refractivity contribution is 7.21. The van der Waals surface area contributed by atoms with Gasteiger partial charge in [0.25, 0.3) is 11.8 Å². The molecule has 0 saturated carbocycles. The van der Waals surface area contributed by atoms with Crippen LogP contribution in [0.1, 0.15) is 38.2 Å². The van der Waals surface area contributed by atoms with Crippen LogP contribution in [0.3, 0.4) is 0 Å². The van der Waals surface area contributed by atoms with Crippen molar-refractivity contribution in [3.05, 3.63) is 69.6 Å².